The van der Waals surface area contributed by atoms with Gasteiger partial charge in [0.1, 0.15) is 0 Å². The van der Waals surface area contributed by atoms with Gasteiger partial charge in [0, 0.05) is 31.9 Å². The Bertz CT molecular complexity index is 350. The average molecular weight is 263 g/mol. The molecule has 1 aromatic rings. The second-order valence-corrected chi connectivity index (χ2v) is 6.19. The van der Waals surface area contributed by atoms with Gasteiger partial charge in [-0.1, -0.05) is 33.8 Å². The lowest BCUT2D eigenvalue weighted by Gasteiger charge is -2.34. The lowest BCUT2D eigenvalue weighted by atomic mass is 9.86. The summed E-state index contributed by atoms with van der Waals surface area (Å²) in [4.78, 5) is 6.76. The lowest BCUT2D eigenvalue weighted by Crippen LogP contribution is -2.42. The van der Waals surface area contributed by atoms with E-state index in [9.17, 15) is 0 Å². The molecule has 1 aromatic heterocycles. The first-order valence-electron chi connectivity index (χ1n) is 7.27. The van der Waals surface area contributed by atoms with Crippen molar-refractivity contribution in [3.63, 3.8) is 0 Å². The second kappa shape index (κ2) is 7.61. The lowest BCUT2D eigenvalue weighted by molar-refractivity contribution is 0.171. The minimum Gasteiger partial charge on any atom is -0.314 e. The highest BCUT2D eigenvalue weighted by Gasteiger charge is 2.24. The number of aromatic nitrogens is 1. The smallest absolute Gasteiger partial charge is 0.0543 e. The molecule has 0 saturated carbocycles. The molecule has 1 N–H and O–H groups in total. The minimum atomic E-state index is 0.313. The second-order valence-electron chi connectivity index (χ2n) is 6.19. The molecule has 19 heavy (non-hydrogen) atoms. The number of rotatable bonds is 8. The first kappa shape index (κ1) is 16.1. The van der Waals surface area contributed by atoms with Crippen LogP contribution in [-0.2, 0) is 6.54 Å². The molecule has 0 bridgehead atoms. The maximum Gasteiger partial charge on any atom is 0.0543 e. The van der Waals surface area contributed by atoms with Crippen LogP contribution in [0.3, 0.4) is 0 Å². The van der Waals surface area contributed by atoms with Crippen LogP contribution in [0.4, 0.5) is 0 Å². The van der Waals surface area contributed by atoms with Gasteiger partial charge in [-0.2, -0.15) is 0 Å². The molecule has 1 atom stereocenters. The Morgan fingerprint density at radius 3 is 2.63 bits per heavy atom. The number of nitrogens with zero attached hydrogens (tertiary/aromatic N) is 2. The molecular formula is C16H29N3. The Morgan fingerprint density at radius 1 is 1.37 bits per heavy atom. The van der Waals surface area contributed by atoms with Gasteiger partial charge < -0.3 is 5.32 Å². The van der Waals surface area contributed by atoms with E-state index >= 15 is 0 Å². The third kappa shape index (κ3) is 6.17. The van der Waals surface area contributed by atoms with Crippen LogP contribution < -0.4 is 5.32 Å². The highest BCUT2D eigenvalue weighted by Crippen LogP contribution is 2.22. The van der Waals surface area contributed by atoms with Crippen LogP contribution in [-0.4, -0.2) is 36.1 Å². The fourth-order valence-electron chi connectivity index (χ4n) is 2.22. The molecule has 0 aliphatic heterocycles. The topological polar surface area (TPSA) is 28.2 Å². The molecule has 0 aromatic carbocycles. The van der Waals surface area contributed by atoms with E-state index in [-0.39, 0.29) is 0 Å². The molecule has 3 nitrogen and oxygen atoms in total. The summed E-state index contributed by atoms with van der Waals surface area (Å²) in [6, 6.07) is 6.65. The first-order valence-corrected chi connectivity index (χ1v) is 7.27. The van der Waals surface area contributed by atoms with Gasteiger partial charge in [0.2, 0.25) is 0 Å². The van der Waals surface area contributed by atoms with Crippen molar-refractivity contribution >= 4 is 0 Å². The molecular weight excluding hydrogens is 234 g/mol. The molecule has 1 heterocycles. The van der Waals surface area contributed by atoms with Crippen molar-refractivity contribution in [3.05, 3.63) is 30.1 Å². The van der Waals surface area contributed by atoms with Crippen molar-refractivity contribution in [2.24, 2.45) is 5.41 Å². The van der Waals surface area contributed by atoms with E-state index in [2.05, 4.69) is 62.1 Å². The Labute approximate surface area is 118 Å². The number of pyridine rings is 1. The van der Waals surface area contributed by atoms with Gasteiger partial charge in [0.25, 0.3) is 0 Å². The van der Waals surface area contributed by atoms with Crippen molar-refractivity contribution in [1.82, 2.24) is 15.2 Å². The zero-order valence-corrected chi connectivity index (χ0v) is 13.1. The largest absolute Gasteiger partial charge is 0.314 e. The van der Waals surface area contributed by atoms with Crippen LogP contribution in [0, 0.1) is 5.41 Å². The Balaban J connectivity index is 2.50. The first-order chi connectivity index (χ1) is 8.95. The highest BCUT2D eigenvalue weighted by molar-refractivity contribution is 5.03. The summed E-state index contributed by atoms with van der Waals surface area (Å²) >= 11 is 0. The predicted molar refractivity (Wildman–Crippen MR) is 82.1 cm³/mol. The van der Waals surface area contributed by atoms with Crippen LogP contribution in [0.15, 0.2) is 24.4 Å². The molecule has 3 heteroatoms. The quantitative estimate of drug-likeness (QED) is 0.781. The summed E-state index contributed by atoms with van der Waals surface area (Å²) in [5, 5.41) is 3.56. The standard InChI is InChI=1S/C16H29N3/c1-6-16(4,12-18-14(2)3)13-19(5)11-15-9-7-8-10-17-15/h7-10,14,18H,6,11-13H2,1-5H3. The summed E-state index contributed by atoms with van der Waals surface area (Å²) in [5.41, 5.74) is 1.45. The van der Waals surface area contributed by atoms with E-state index in [1.165, 1.54) is 6.42 Å². The maximum atomic E-state index is 4.39. The van der Waals surface area contributed by atoms with E-state index in [0.717, 1.165) is 25.3 Å². The number of hydrogen-bond acceptors (Lipinski definition) is 3. The molecule has 0 saturated heterocycles. The van der Waals surface area contributed by atoms with Crippen LogP contribution in [0.1, 0.15) is 39.8 Å². The molecule has 0 radical (unpaired) electrons. The summed E-state index contributed by atoms with van der Waals surface area (Å²) < 4.78 is 0. The molecule has 1 unspecified atom stereocenters. The Morgan fingerprint density at radius 2 is 2.11 bits per heavy atom. The number of nitrogens with one attached hydrogen (secondary N) is 1. The zero-order valence-electron chi connectivity index (χ0n) is 13.1. The van der Waals surface area contributed by atoms with E-state index in [4.69, 9.17) is 0 Å². The summed E-state index contributed by atoms with van der Waals surface area (Å²) in [6.45, 7) is 12.1. The molecule has 1 rings (SSSR count). The molecule has 0 spiro atoms. The SMILES string of the molecule is CCC(C)(CNC(C)C)CN(C)Cc1ccccn1. The van der Waals surface area contributed by atoms with Crippen LogP contribution in [0.5, 0.6) is 0 Å². The summed E-state index contributed by atoms with van der Waals surface area (Å²) in [5.74, 6) is 0. The monoisotopic (exact) mass is 263 g/mol. The molecule has 108 valence electrons. The van der Waals surface area contributed by atoms with Gasteiger partial charge in [-0.3, -0.25) is 9.88 Å². The third-order valence-corrected chi connectivity index (χ3v) is 3.60. The molecule has 0 fully saturated rings. The van der Waals surface area contributed by atoms with E-state index in [1.54, 1.807) is 0 Å². The highest BCUT2D eigenvalue weighted by atomic mass is 15.1. The summed E-state index contributed by atoms with van der Waals surface area (Å²) in [7, 11) is 2.18. The van der Waals surface area contributed by atoms with E-state index < -0.39 is 0 Å². The average Bonchev–Trinajstić information content (AvgIpc) is 2.37. The van der Waals surface area contributed by atoms with Gasteiger partial charge in [0.15, 0.2) is 0 Å². The van der Waals surface area contributed by atoms with Crippen molar-refractivity contribution in [1.29, 1.82) is 0 Å². The van der Waals surface area contributed by atoms with Crippen LogP contribution >= 0.6 is 0 Å². The molecule has 0 aliphatic carbocycles. The fourth-order valence-corrected chi connectivity index (χ4v) is 2.22. The van der Waals surface area contributed by atoms with E-state index in [0.29, 0.717) is 11.5 Å². The normalized spacial score (nSPS) is 14.9. The van der Waals surface area contributed by atoms with Gasteiger partial charge in [-0.15, -0.1) is 0 Å². The Kier molecular flexibility index (Phi) is 6.46. The van der Waals surface area contributed by atoms with Gasteiger partial charge in [-0.25, -0.2) is 0 Å². The minimum absolute atomic E-state index is 0.313. The Hall–Kier alpha value is -0.930. The van der Waals surface area contributed by atoms with Crippen LogP contribution in [0.25, 0.3) is 0 Å². The van der Waals surface area contributed by atoms with Gasteiger partial charge in [-0.05, 0) is 31.0 Å². The summed E-state index contributed by atoms with van der Waals surface area (Å²) in [6.07, 6.45) is 3.04. The van der Waals surface area contributed by atoms with Crippen LogP contribution in [0.2, 0.25) is 0 Å². The molecule has 0 amide bonds. The number of hydrogen-bond donors (Lipinski definition) is 1. The van der Waals surface area contributed by atoms with Gasteiger partial charge >= 0.3 is 0 Å². The third-order valence-electron chi connectivity index (χ3n) is 3.60. The van der Waals surface area contributed by atoms with Crippen molar-refractivity contribution in [2.75, 3.05) is 20.1 Å². The fraction of sp³-hybridized carbons (Fsp3) is 0.688. The predicted octanol–water partition coefficient (Wildman–Crippen LogP) is 2.93. The molecule has 0 aliphatic rings. The van der Waals surface area contributed by atoms with Crippen molar-refractivity contribution < 1.29 is 0 Å². The zero-order chi connectivity index (χ0) is 14.3. The maximum absolute atomic E-state index is 4.39. The van der Waals surface area contributed by atoms with Gasteiger partial charge in [0.05, 0.1) is 5.69 Å². The van der Waals surface area contributed by atoms with Crippen molar-refractivity contribution in [2.45, 2.75) is 46.7 Å². The van der Waals surface area contributed by atoms with E-state index in [1.807, 2.05) is 12.3 Å². The van der Waals surface area contributed by atoms with Crippen molar-refractivity contribution in [3.8, 4) is 0 Å².